The van der Waals surface area contributed by atoms with Gasteiger partial charge in [-0.05, 0) is 42.8 Å². The smallest absolute Gasteiger partial charge is 0.258 e. The molecule has 0 aliphatic heterocycles. The largest absolute Gasteiger partial charge is 0.373 e. The van der Waals surface area contributed by atoms with E-state index < -0.39 is 0 Å². The number of anilines is 2. The van der Waals surface area contributed by atoms with E-state index in [9.17, 15) is 9.59 Å². The quantitative estimate of drug-likeness (QED) is 0.397. The molecule has 4 N–H and O–H groups in total. The molecule has 29 heavy (non-hydrogen) atoms. The molecule has 0 saturated carbocycles. The zero-order valence-corrected chi connectivity index (χ0v) is 16.1. The number of rotatable bonds is 5. The lowest BCUT2D eigenvalue weighted by Crippen LogP contribution is -2.19. The molecule has 0 bridgehead atoms. The van der Waals surface area contributed by atoms with Crippen molar-refractivity contribution in [3.63, 3.8) is 0 Å². The number of amidine groups is 1. The van der Waals surface area contributed by atoms with Gasteiger partial charge < -0.3 is 16.0 Å². The molecule has 146 valence electrons. The van der Waals surface area contributed by atoms with Crippen molar-refractivity contribution in [2.45, 2.75) is 6.92 Å². The van der Waals surface area contributed by atoms with E-state index in [0.717, 1.165) is 5.56 Å². The normalized spacial score (nSPS) is 10.1. The minimum absolute atomic E-state index is 0.267. The molecule has 0 aliphatic rings. The van der Waals surface area contributed by atoms with Crippen LogP contribution in [0.25, 0.3) is 0 Å². The Kier molecular flexibility index (Phi) is 5.99. The second-order valence-corrected chi connectivity index (χ2v) is 6.38. The Labute approximate surface area is 168 Å². The summed E-state index contributed by atoms with van der Waals surface area (Å²) in [6.45, 7) is 1.91. The second-order valence-electron chi connectivity index (χ2n) is 6.38. The summed E-state index contributed by atoms with van der Waals surface area (Å²) in [6, 6.07) is 17.0. The van der Waals surface area contributed by atoms with Gasteiger partial charge in [0.2, 0.25) is 0 Å². The van der Waals surface area contributed by atoms with E-state index in [-0.39, 0.29) is 17.6 Å². The molecule has 2 amide bonds. The van der Waals surface area contributed by atoms with Gasteiger partial charge >= 0.3 is 0 Å². The molecule has 2 aromatic carbocycles. The van der Waals surface area contributed by atoms with Crippen LogP contribution in [-0.2, 0) is 0 Å². The van der Waals surface area contributed by atoms with Crippen molar-refractivity contribution in [1.82, 2.24) is 10.3 Å². The van der Waals surface area contributed by atoms with Gasteiger partial charge in [0.05, 0.1) is 11.3 Å². The van der Waals surface area contributed by atoms with Gasteiger partial charge in [-0.3, -0.25) is 15.0 Å². The van der Waals surface area contributed by atoms with E-state index >= 15 is 0 Å². The zero-order valence-electron chi connectivity index (χ0n) is 16.1. The zero-order chi connectivity index (χ0) is 20.8. The molecule has 1 aromatic heterocycles. The number of carbonyl (C=O) groups excluding carboxylic acids is 2. The Hall–Kier alpha value is -4.00. The van der Waals surface area contributed by atoms with Crippen LogP contribution in [0, 0.1) is 12.3 Å². The lowest BCUT2D eigenvalue weighted by atomic mass is 10.1. The van der Waals surface area contributed by atoms with Gasteiger partial charge in [0, 0.05) is 24.4 Å². The van der Waals surface area contributed by atoms with Crippen molar-refractivity contribution in [2.24, 2.45) is 0 Å². The van der Waals surface area contributed by atoms with Crippen LogP contribution in [0.1, 0.15) is 31.8 Å². The summed E-state index contributed by atoms with van der Waals surface area (Å²) in [7, 11) is 1.66. The highest BCUT2D eigenvalue weighted by Crippen LogP contribution is 2.18. The van der Waals surface area contributed by atoms with Gasteiger partial charge in [-0.15, -0.1) is 0 Å². The van der Waals surface area contributed by atoms with E-state index in [1.165, 1.54) is 0 Å². The highest BCUT2D eigenvalue weighted by molar-refractivity contribution is 6.12. The molecule has 0 spiro atoms. The van der Waals surface area contributed by atoms with Crippen molar-refractivity contribution >= 4 is 29.2 Å². The maximum absolute atomic E-state index is 12.7. The van der Waals surface area contributed by atoms with E-state index in [1.807, 2.05) is 13.0 Å². The predicted octanol–water partition coefficient (Wildman–Crippen LogP) is 3.44. The van der Waals surface area contributed by atoms with E-state index in [4.69, 9.17) is 5.41 Å². The van der Waals surface area contributed by atoms with Gasteiger partial charge in [0.1, 0.15) is 11.7 Å². The van der Waals surface area contributed by atoms with Gasteiger partial charge in [-0.2, -0.15) is 0 Å². The number of nitrogens with zero attached hydrogens (tertiary/aromatic N) is 1. The topological polar surface area (TPSA) is 107 Å². The number of aryl methyl sites for hydroxylation is 1. The maximum Gasteiger partial charge on any atom is 0.258 e. The second kappa shape index (κ2) is 8.79. The molecule has 1 heterocycles. The number of nitrogens with one attached hydrogen (secondary N) is 4. The number of hydrogen-bond acceptors (Lipinski definition) is 4. The Morgan fingerprint density at radius 3 is 2.21 bits per heavy atom. The highest BCUT2D eigenvalue weighted by atomic mass is 16.2. The first-order valence-corrected chi connectivity index (χ1v) is 8.99. The van der Waals surface area contributed by atoms with Crippen LogP contribution in [0.15, 0.2) is 66.9 Å². The molecule has 3 rings (SSSR count). The standard InChI is InChI=1S/C22H21N5O2/c1-14-7-12-19(25-13-14)27-22(29)17-5-3-4-6-18(17)26-21(28)16-10-8-15(9-11-16)20(23)24-2/h3-13H,1-2H3,(H2,23,24)(H,26,28)(H,25,27,29). The van der Waals surface area contributed by atoms with Crippen LogP contribution < -0.4 is 16.0 Å². The molecule has 0 aliphatic carbocycles. The van der Waals surface area contributed by atoms with Gasteiger partial charge in [0.25, 0.3) is 11.8 Å². The fraction of sp³-hybridized carbons (Fsp3) is 0.0909. The first kappa shape index (κ1) is 19.8. The number of aromatic nitrogens is 1. The van der Waals surface area contributed by atoms with Gasteiger partial charge in [-0.1, -0.05) is 30.3 Å². The molecule has 7 nitrogen and oxygen atoms in total. The molecule has 0 atom stereocenters. The lowest BCUT2D eigenvalue weighted by molar-refractivity contribution is 0.102. The lowest BCUT2D eigenvalue weighted by Gasteiger charge is -2.12. The molecule has 7 heteroatoms. The number of benzene rings is 2. The fourth-order valence-corrected chi connectivity index (χ4v) is 2.64. The molecular formula is C22H21N5O2. The summed E-state index contributed by atoms with van der Waals surface area (Å²) in [5.74, 6) is -0.00990. The Morgan fingerprint density at radius 2 is 1.55 bits per heavy atom. The van der Waals surface area contributed by atoms with Crippen molar-refractivity contribution in [3.05, 3.63) is 89.1 Å². The van der Waals surface area contributed by atoms with Crippen LogP contribution in [0.3, 0.4) is 0 Å². The highest BCUT2D eigenvalue weighted by Gasteiger charge is 2.15. The number of amides is 2. The van der Waals surface area contributed by atoms with Crippen LogP contribution in [-0.4, -0.2) is 29.7 Å². The van der Waals surface area contributed by atoms with E-state index in [2.05, 4.69) is 20.9 Å². The molecule has 3 aromatic rings. The monoisotopic (exact) mass is 387 g/mol. The Balaban J connectivity index is 1.76. The summed E-state index contributed by atoms with van der Waals surface area (Å²) in [5, 5.41) is 16.0. The Morgan fingerprint density at radius 1 is 0.862 bits per heavy atom. The van der Waals surface area contributed by atoms with Crippen LogP contribution in [0.4, 0.5) is 11.5 Å². The van der Waals surface area contributed by atoms with Crippen LogP contribution in [0.5, 0.6) is 0 Å². The van der Waals surface area contributed by atoms with E-state index in [0.29, 0.717) is 28.2 Å². The molecule has 0 saturated heterocycles. The number of hydrogen-bond donors (Lipinski definition) is 4. The molecule has 0 radical (unpaired) electrons. The summed E-state index contributed by atoms with van der Waals surface area (Å²) in [4.78, 5) is 29.4. The predicted molar refractivity (Wildman–Crippen MR) is 114 cm³/mol. The Bertz CT molecular complexity index is 1040. The van der Waals surface area contributed by atoms with Crippen molar-refractivity contribution < 1.29 is 9.59 Å². The van der Waals surface area contributed by atoms with E-state index in [1.54, 1.807) is 67.8 Å². The summed E-state index contributed by atoms with van der Waals surface area (Å²) in [6.07, 6.45) is 1.67. The molecular weight excluding hydrogens is 366 g/mol. The minimum atomic E-state index is -0.366. The molecule has 0 unspecified atom stereocenters. The number of carbonyl (C=O) groups is 2. The minimum Gasteiger partial charge on any atom is -0.373 e. The number of pyridine rings is 1. The summed E-state index contributed by atoms with van der Waals surface area (Å²) >= 11 is 0. The third-order valence-electron chi connectivity index (χ3n) is 4.26. The van der Waals surface area contributed by atoms with Gasteiger partial charge in [0.15, 0.2) is 0 Å². The van der Waals surface area contributed by atoms with Crippen molar-refractivity contribution in [3.8, 4) is 0 Å². The van der Waals surface area contributed by atoms with Crippen molar-refractivity contribution in [1.29, 1.82) is 5.41 Å². The third-order valence-corrected chi connectivity index (χ3v) is 4.26. The van der Waals surface area contributed by atoms with Crippen LogP contribution in [0.2, 0.25) is 0 Å². The van der Waals surface area contributed by atoms with Gasteiger partial charge in [-0.25, -0.2) is 4.98 Å². The average Bonchev–Trinajstić information content (AvgIpc) is 2.75. The maximum atomic E-state index is 12.7. The number of para-hydroxylation sites is 1. The summed E-state index contributed by atoms with van der Waals surface area (Å²) < 4.78 is 0. The summed E-state index contributed by atoms with van der Waals surface area (Å²) in [5.41, 5.74) is 2.82. The third kappa shape index (κ3) is 4.84. The average molecular weight is 387 g/mol. The first-order chi connectivity index (χ1) is 14.0. The fourth-order valence-electron chi connectivity index (χ4n) is 2.64. The molecule has 0 fully saturated rings. The van der Waals surface area contributed by atoms with Crippen LogP contribution >= 0.6 is 0 Å². The first-order valence-electron chi connectivity index (χ1n) is 8.99. The SMILES string of the molecule is CNC(=N)c1ccc(C(=O)Nc2ccccc2C(=O)Nc2ccc(C)cn2)cc1. The van der Waals surface area contributed by atoms with Crippen molar-refractivity contribution in [2.75, 3.05) is 17.7 Å².